The number of rotatable bonds is 4. The molecule has 1 N–H and O–H groups in total. The zero-order valence-electron chi connectivity index (χ0n) is 9.01. The summed E-state index contributed by atoms with van der Waals surface area (Å²) in [5.74, 6) is -0.00840. The third-order valence-electron chi connectivity index (χ3n) is 2.18. The lowest BCUT2D eigenvalue weighted by Gasteiger charge is -2.01. The first-order chi connectivity index (χ1) is 7.75. The fraction of sp³-hybridized carbons (Fsp3) is 0.273. The third-order valence-corrected chi connectivity index (χ3v) is 3.05. The average molecular weight is 235 g/mol. The Morgan fingerprint density at radius 1 is 1.56 bits per heavy atom. The highest BCUT2D eigenvalue weighted by Gasteiger charge is 2.05. The van der Waals surface area contributed by atoms with Gasteiger partial charge in [-0.3, -0.25) is 9.48 Å². The fourth-order valence-electron chi connectivity index (χ4n) is 1.40. The van der Waals surface area contributed by atoms with Crippen LogP contribution < -0.4 is 5.32 Å². The maximum absolute atomic E-state index is 11.6. The largest absolute Gasteiger partial charge is 0.351 e. The summed E-state index contributed by atoms with van der Waals surface area (Å²) in [6, 6.07) is 5.65. The molecule has 4 nitrogen and oxygen atoms in total. The van der Waals surface area contributed by atoms with Crippen molar-refractivity contribution in [2.24, 2.45) is 7.05 Å². The summed E-state index contributed by atoms with van der Waals surface area (Å²) in [6.45, 7) is 0.619. The molecule has 2 aromatic rings. The summed E-state index contributed by atoms with van der Waals surface area (Å²) < 4.78 is 1.76. The van der Waals surface area contributed by atoms with Crippen molar-refractivity contribution in [2.75, 3.05) is 6.54 Å². The number of aryl methyl sites for hydroxylation is 1. The van der Waals surface area contributed by atoms with E-state index in [-0.39, 0.29) is 5.91 Å². The van der Waals surface area contributed by atoms with Crippen LogP contribution in [0, 0.1) is 0 Å². The molecule has 2 aromatic heterocycles. The van der Waals surface area contributed by atoms with Crippen molar-refractivity contribution < 1.29 is 4.79 Å². The first-order valence-corrected chi connectivity index (χ1v) is 5.94. The first kappa shape index (κ1) is 10.9. The Morgan fingerprint density at radius 3 is 3.06 bits per heavy atom. The standard InChI is InChI=1S/C11H13N3OS/c1-14-7-5-9(13-14)4-6-12-11(15)10-3-2-8-16-10/h2-3,5,7-8H,4,6H2,1H3,(H,12,15). The minimum atomic E-state index is -0.00840. The van der Waals surface area contributed by atoms with Gasteiger partial charge in [0.05, 0.1) is 10.6 Å². The third kappa shape index (κ3) is 2.70. The van der Waals surface area contributed by atoms with Crippen molar-refractivity contribution in [3.05, 3.63) is 40.3 Å². The summed E-state index contributed by atoms with van der Waals surface area (Å²) in [4.78, 5) is 12.3. The highest BCUT2D eigenvalue weighted by atomic mass is 32.1. The zero-order chi connectivity index (χ0) is 11.4. The van der Waals surface area contributed by atoms with Crippen molar-refractivity contribution in [3.8, 4) is 0 Å². The van der Waals surface area contributed by atoms with Crippen LogP contribution in [0.5, 0.6) is 0 Å². The number of hydrogen-bond donors (Lipinski definition) is 1. The number of hydrogen-bond acceptors (Lipinski definition) is 3. The molecule has 0 radical (unpaired) electrons. The molecule has 0 aliphatic carbocycles. The molecule has 2 heterocycles. The van der Waals surface area contributed by atoms with Crippen LogP contribution in [0.1, 0.15) is 15.4 Å². The normalized spacial score (nSPS) is 10.3. The molecule has 0 aliphatic heterocycles. The van der Waals surface area contributed by atoms with Gasteiger partial charge in [-0.05, 0) is 17.5 Å². The molecule has 0 atom stereocenters. The average Bonchev–Trinajstić information content (AvgIpc) is 2.89. The van der Waals surface area contributed by atoms with Gasteiger partial charge in [-0.2, -0.15) is 5.10 Å². The summed E-state index contributed by atoms with van der Waals surface area (Å²) >= 11 is 1.45. The summed E-state index contributed by atoms with van der Waals surface area (Å²) in [5.41, 5.74) is 0.994. The first-order valence-electron chi connectivity index (χ1n) is 5.06. The topological polar surface area (TPSA) is 46.9 Å². The molecule has 84 valence electrons. The van der Waals surface area contributed by atoms with Crippen molar-refractivity contribution in [1.82, 2.24) is 15.1 Å². The maximum Gasteiger partial charge on any atom is 0.261 e. The van der Waals surface area contributed by atoms with E-state index in [9.17, 15) is 4.79 Å². The second-order valence-corrected chi connectivity index (χ2v) is 4.41. The van der Waals surface area contributed by atoms with E-state index in [0.717, 1.165) is 17.0 Å². The zero-order valence-corrected chi connectivity index (χ0v) is 9.83. The molecule has 0 unspecified atom stereocenters. The molecule has 0 fully saturated rings. The number of nitrogens with one attached hydrogen (secondary N) is 1. The second-order valence-electron chi connectivity index (χ2n) is 3.46. The van der Waals surface area contributed by atoms with E-state index < -0.39 is 0 Å². The van der Waals surface area contributed by atoms with E-state index in [0.29, 0.717) is 6.54 Å². The summed E-state index contributed by atoms with van der Waals surface area (Å²) in [5, 5.41) is 9.00. The van der Waals surface area contributed by atoms with Crippen LogP contribution in [0.4, 0.5) is 0 Å². The molecule has 0 spiro atoms. The smallest absolute Gasteiger partial charge is 0.261 e. The van der Waals surface area contributed by atoms with Crippen molar-refractivity contribution in [2.45, 2.75) is 6.42 Å². The van der Waals surface area contributed by atoms with Gasteiger partial charge in [0.2, 0.25) is 0 Å². The van der Waals surface area contributed by atoms with Crippen LogP contribution in [-0.2, 0) is 13.5 Å². The Hall–Kier alpha value is -1.62. The molecule has 5 heteroatoms. The van der Waals surface area contributed by atoms with E-state index in [4.69, 9.17) is 0 Å². The van der Waals surface area contributed by atoms with Crippen LogP contribution in [0.15, 0.2) is 29.8 Å². The van der Waals surface area contributed by atoms with Crippen molar-refractivity contribution in [1.29, 1.82) is 0 Å². The van der Waals surface area contributed by atoms with Crippen LogP contribution in [0.3, 0.4) is 0 Å². The van der Waals surface area contributed by atoms with E-state index in [2.05, 4.69) is 10.4 Å². The van der Waals surface area contributed by atoms with Crippen molar-refractivity contribution in [3.63, 3.8) is 0 Å². The van der Waals surface area contributed by atoms with Gasteiger partial charge in [0.15, 0.2) is 0 Å². The predicted molar refractivity (Wildman–Crippen MR) is 63.6 cm³/mol. The van der Waals surface area contributed by atoms with Gasteiger partial charge < -0.3 is 5.32 Å². The van der Waals surface area contributed by atoms with Gasteiger partial charge in [0, 0.05) is 26.2 Å². The minimum absolute atomic E-state index is 0.00840. The van der Waals surface area contributed by atoms with E-state index in [1.165, 1.54) is 11.3 Å². The maximum atomic E-state index is 11.6. The van der Waals surface area contributed by atoms with Gasteiger partial charge in [-0.25, -0.2) is 0 Å². The molecule has 2 rings (SSSR count). The Morgan fingerprint density at radius 2 is 2.44 bits per heavy atom. The van der Waals surface area contributed by atoms with Gasteiger partial charge in [-0.1, -0.05) is 6.07 Å². The van der Waals surface area contributed by atoms with E-state index >= 15 is 0 Å². The number of carbonyl (C=O) groups is 1. The van der Waals surface area contributed by atoms with Gasteiger partial charge in [-0.15, -0.1) is 11.3 Å². The highest BCUT2D eigenvalue weighted by Crippen LogP contribution is 2.07. The molecular weight excluding hydrogens is 222 g/mol. The Kier molecular flexibility index (Phi) is 3.36. The molecule has 1 amide bonds. The monoisotopic (exact) mass is 235 g/mol. The Labute approximate surface area is 97.9 Å². The molecule has 0 saturated heterocycles. The highest BCUT2D eigenvalue weighted by molar-refractivity contribution is 7.12. The van der Waals surface area contributed by atoms with E-state index in [1.54, 1.807) is 4.68 Å². The minimum Gasteiger partial charge on any atom is -0.351 e. The quantitative estimate of drug-likeness (QED) is 0.872. The van der Waals surface area contributed by atoms with Gasteiger partial charge in [0.1, 0.15) is 0 Å². The molecular formula is C11H13N3OS. The predicted octanol–water partition coefficient (Wildman–Crippen LogP) is 1.45. The van der Waals surface area contributed by atoms with Crippen LogP contribution in [0.2, 0.25) is 0 Å². The van der Waals surface area contributed by atoms with Crippen LogP contribution in [0.25, 0.3) is 0 Å². The SMILES string of the molecule is Cn1ccc(CCNC(=O)c2cccs2)n1. The molecule has 0 bridgehead atoms. The second kappa shape index (κ2) is 4.94. The van der Waals surface area contributed by atoms with Gasteiger partial charge >= 0.3 is 0 Å². The Balaban J connectivity index is 1.78. The van der Waals surface area contributed by atoms with E-state index in [1.807, 2.05) is 36.8 Å². The lowest BCUT2D eigenvalue weighted by Crippen LogP contribution is -2.24. The van der Waals surface area contributed by atoms with Crippen LogP contribution in [-0.4, -0.2) is 22.2 Å². The molecule has 0 saturated carbocycles. The number of aromatic nitrogens is 2. The number of amides is 1. The number of nitrogens with zero attached hydrogens (tertiary/aromatic N) is 2. The lowest BCUT2D eigenvalue weighted by atomic mass is 10.3. The number of thiophene rings is 1. The molecule has 0 aliphatic rings. The number of carbonyl (C=O) groups excluding carboxylic acids is 1. The van der Waals surface area contributed by atoms with Crippen LogP contribution >= 0.6 is 11.3 Å². The molecule has 0 aromatic carbocycles. The fourth-order valence-corrected chi connectivity index (χ4v) is 2.04. The summed E-state index contributed by atoms with van der Waals surface area (Å²) in [7, 11) is 1.88. The van der Waals surface area contributed by atoms with Crippen molar-refractivity contribution >= 4 is 17.2 Å². The Bertz CT molecular complexity index is 461. The summed E-state index contributed by atoms with van der Waals surface area (Å²) in [6.07, 6.45) is 2.66. The van der Waals surface area contributed by atoms with Gasteiger partial charge in [0.25, 0.3) is 5.91 Å². The lowest BCUT2D eigenvalue weighted by molar-refractivity contribution is 0.0958. The molecule has 16 heavy (non-hydrogen) atoms.